The maximum atomic E-state index is 2.33. The van der Waals surface area contributed by atoms with Crippen LogP contribution in [0.5, 0.6) is 0 Å². The molecular formula is C16H37BrKN. The van der Waals surface area contributed by atoms with E-state index in [0.29, 0.717) is 0 Å². The van der Waals surface area contributed by atoms with Crippen molar-refractivity contribution in [3.63, 3.8) is 0 Å². The molecule has 0 heterocycles. The van der Waals surface area contributed by atoms with Gasteiger partial charge in [0.05, 0.1) is 26.2 Å². The van der Waals surface area contributed by atoms with Gasteiger partial charge < -0.3 is 21.5 Å². The van der Waals surface area contributed by atoms with Crippen molar-refractivity contribution in [3.8, 4) is 0 Å². The van der Waals surface area contributed by atoms with E-state index in [1.165, 1.54) is 82.0 Å². The third-order valence-electron chi connectivity index (χ3n) is 3.94. The van der Waals surface area contributed by atoms with E-state index in [4.69, 9.17) is 0 Å². The number of quaternary nitrogens is 1. The molecule has 3 heteroatoms. The molecule has 0 atom stereocenters. The van der Waals surface area contributed by atoms with Gasteiger partial charge in [0.25, 0.3) is 0 Å². The van der Waals surface area contributed by atoms with Gasteiger partial charge in [0.15, 0.2) is 0 Å². The van der Waals surface area contributed by atoms with E-state index in [9.17, 15) is 0 Å². The van der Waals surface area contributed by atoms with Gasteiger partial charge in [-0.1, -0.05) is 53.4 Å². The Labute approximate surface area is 176 Å². The van der Waals surface area contributed by atoms with Crippen LogP contribution in [0.1, 0.15) is 79.1 Å². The van der Waals surface area contributed by atoms with E-state index < -0.39 is 0 Å². The van der Waals surface area contributed by atoms with Crippen LogP contribution in [0.3, 0.4) is 0 Å². The second-order valence-electron chi connectivity index (χ2n) is 5.65. The zero-order valence-corrected chi connectivity index (χ0v) is 14.9. The van der Waals surface area contributed by atoms with Crippen molar-refractivity contribution in [3.05, 3.63) is 0 Å². The molecule has 114 valence electrons. The van der Waals surface area contributed by atoms with Gasteiger partial charge in [-0.15, -0.1) is 0 Å². The summed E-state index contributed by atoms with van der Waals surface area (Å²) in [5.41, 5.74) is 0. The van der Waals surface area contributed by atoms with Crippen molar-refractivity contribution in [2.45, 2.75) is 79.1 Å². The summed E-state index contributed by atoms with van der Waals surface area (Å²) in [6.45, 7) is 15.0. The van der Waals surface area contributed by atoms with Crippen LogP contribution in [0.4, 0.5) is 0 Å². The standard InChI is InChI=1S/C16H36N.BrH.K.H/c1-5-9-13-17(14-10-6-2,15-11-7-3)16-12-8-4;;;/h5-16H2,1-4H3;1H;;/q+1;;;/p-1. The Bertz CT molecular complexity index is 127. The summed E-state index contributed by atoms with van der Waals surface area (Å²) in [7, 11) is 0. The molecule has 0 amide bonds. The van der Waals surface area contributed by atoms with Crippen molar-refractivity contribution >= 4 is 51.4 Å². The van der Waals surface area contributed by atoms with Crippen LogP contribution in [-0.4, -0.2) is 82.0 Å². The minimum atomic E-state index is 0. The minimum absolute atomic E-state index is 0. The van der Waals surface area contributed by atoms with Crippen LogP contribution < -0.4 is 17.0 Å². The van der Waals surface area contributed by atoms with Crippen molar-refractivity contribution in [1.82, 2.24) is 0 Å². The van der Waals surface area contributed by atoms with Crippen LogP contribution in [-0.2, 0) is 0 Å². The van der Waals surface area contributed by atoms with Gasteiger partial charge in [0.1, 0.15) is 0 Å². The maximum absolute atomic E-state index is 2.33. The first-order valence-corrected chi connectivity index (χ1v) is 8.09. The summed E-state index contributed by atoms with van der Waals surface area (Å²) >= 11 is 0. The fraction of sp³-hybridized carbons (Fsp3) is 1.00. The topological polar surface area (TPSA) is 0 Å². The molecule has 0 unspecified atom stereocenters. The number of unbranched alkanes of at least 4 members (excludes halogenated alkanes) is 4. The van der Waals surface area contributed by atoms with Crippen molar-refractivity contribution in [1.29, 1.82) is 0 Å². The van der Waals surface area contributed by atoms with Gasteiger partial charge in [-0.05, 0) is 25.7 Å². The Balaban J connectivity index is -0.00000128. The van der Waals surface area contributed by atoms with Gasteiger partial charge >= 0.3 is 51.4 Å². The third kappa shape index (κ3) is 13.5. The fourth-order valence-electron chi connectivity index (χ4n) is 2.64. The Morgan fingerprint density at radius 3 is 0.895 bits per heavy atom. The Kier molecular flexibility index (Phi) is 24.8. The zero-order valence-electron chi connectivity index (χ0n) is 13.3. The van der Waals surface area contributed by atoms with E-state index in [2.05, 4.69) is 27.7 Å². The second kappa shape index (κ2) is 18.1. The van der Waals surface area contributed by atoms with E-state index >= 15 is 0 Å². The molecule has 0 aromatic rings. The molecule has 0 aliphatic carbocycles. The number of nitrogens with zero attached hydrogens (tertiary/aromatic N) is 1. The molecule has 0 aliphatic heterocycles. The molecule has 0 spiro atoms. The van der Waals surface area contributed by atoms with Gasteiger partial charge in [-0.2, -0.15) is 0 Å². The van der Waals surface area contributed by atoms with Gasteiger partial charge in [-0.3, -0.25) is 0 Å². The van der Waals surface area contributed by atoms with E-state index in [1.807, 2.05) is 0 Å². The van der Waals surface area contributed by atoms with Crippen LogP contribution in [0, 0.1) is 0 Å². The molecule has 0 aromatic heterocycles. The molecule has 0 rings (SSSR count). The monoisotopic (exact) mass is 361 g/mol. The van der Waals surface area contributed by atoms with Crippen molar-refractivity contribution in [2.24, 2.45) is 0 Å². The average Bonchev–Trinajstić information content (AvgIpc) is 2.37. The van der Waals surface area contributed by atoms with E-state index in [-0.39, 0.29) is 68.4 Å². The Hall–Kier alpha value is 2.08. The summed E-state index contributed by atoms with van der Waals surface area (Å²) in [5.74, 6) is 0. The number of halogens is 1. The fourth-order valence-corrected chi connectivity index (χ4v) is 2.64. The summed E-state index contributed by atoms with van der Waals surface area (Å²) < 4.78 is 1.42. The number of hydrogen-bond donors (Lipinski definition) is 0. The number of hydrogen-bond acceptors (Lipinski definition) is 0. The van der Waals surface area contributed by atoms with Crippen molar-refractivity contribution < 1.29 is 21.5 Å². The summed E-state index contributed by atoms with van der Waals surface area (Å²) in [6.07, 6.45) is 11.1. The molecule has 0 saturated heterocycles. The molecular weight excluding hydrogens is 325 g/mol. The van der Waals surface area contributed by atoms with Gasteiger partial charge in [0.2, 0.25) is 0 Å². The Morgan fingerprint density at radius 1 is 0.526 bits per heavy atom. The SMILES string of the molecule is CCCC[N+](CCCC)(CCCC)CCCC.[Br-].[KH]. The first-order chi connectivity index (χ1) is 8.24. The molecule has 0 radical (unpaired) electrons. The molecule has 0 aliphatic rings. The van der Waals surface area contributed by atoms with Gasteiger partial charge in [0, 0.05) is 0 Å². The van der Waals surface area contributed by atoms with Crippen LogP contribution in [0.15, 0.2) is 0 Å². The van der Waals surface area contributed by atoms with Gasteiger partial charge in [-0.25, -0.2) is 0 Å². The molecule has 1 nitrogen and oxygen atoms in total. The first-order valence-electron chi connectivity index (χ1n) is 8.09. The Morgan fingerprint density at radius 2 is 0.737 bits per heavy atom. The van der Waals surface area contributed by atoms with Crippen LogP contribution in [0.25, 0.3) is 0 Å². The molecule has 0 bridgehead atoms. The van der Waals surface area contributed by atoms with E-state index in [0.717, 1.165) is 0 Å². The zero-order chi connectivity index (χ0) is 13.0. The molecule has 0 aromatic carbocycles. The van der Waals surface area contributed by atoms with Crippen LogP contribution in [0.2, 0.25) is 0 Å². The van der Waals surface area contributed by atoms with E-state index in [1.54, 1.807) is 0 Å². The van der Waals surface area contributed by atoms with Crippen LogP contribution >= 0.6 is 0 Å². The normalized spacial score (nSPS) is 10.7. The summed E-state index contributed by atoms with van der Waals surface area (Å²) in [5, 5.41) is 0. The van der Waals surface area contributed by atoms with Crippen molar-refractivity contribution in [2.75, 3.05) is 26.2 Å². The molecule has 0 saturated carbocycles. The first kappa shape index (κ1) is 26.0. The quantitative estimate of drug-likeness (QED) is 0.363. The second-order valence-corrected chi connectivity index (χ2v) is 5.65. The predicted molar refractivity (Wildman–Crippen MR) is 86.5 cm³/mol. The third-order valence-corrected chi connectivity index (χ3v) is 3.94. The predicted octanol–water partition coefficient (Wildman–Crippen LogP) is 1.36. The average molecular weight is 362 g/mol. The molecule has 19 heavy (non-hydrogen) atoms. The number of rotatable bonds is 12. The molecule has 0 fully saturated rings. The summed E-state index contributed by atoms with van der Waals surface area (Å²) in [6, 6.07) is 0. The summed E-state index contributed by atoms with van der Waals surface area (Å²) in [4.78, 5) is 0. The molecule has 0 N–H and O–H groups in total.